The van der Waals surface area contributed by atoms with Crippen LogP contribution in [0.4, 0.5) is 9.59 Å². The van der Waals surface area contributed by atoms with E-state index in [4.69, 9.17) is 14.2 Å². The number of aromatic nitrogens is 1. The number of benzene rings is 1. The van der Waals surface area contributed by atoms with E-state index in [9.17, 15) is 9.59 Å². The molecule has 160 valence electrons. The minimum absolute atomic E-state index is 0.221. The zero-order chi connectivity index (χ0) is 21.3. The summed E-state index contributed by atoms with van der Waals surface area (Å²) in [5.41, 5.74) is 2.26. The Kier molecular flexibility index (Phi) is 5.42. The SMILES string of the molecule is CCOC(=O)n1c2c(c3ccc(OC(=O)N4CCOCC4)cc31)C(C)(C)CNC=C2. The third-order valence-electron chi connectivity index (χ3n) is 5.48. The molecule has 0 radical (unpaired) electrons. The van der Waals surface area contributed by atoms with Crippen LogP contribution >= 0.6 is 0 Å². The van der Waals surface area contributed by atoms with Crippen molar-refractivity contribution in [3.63, 3.8) is 0 Å². The van der Waals surface area contributed by atoms with Crippen molar-refractivity contribution in [1.29, 1.82) is 0 Å². The van der Waals surface area contributed by atoms with Gasteiger partial charge in [-0.25, -0.2) is 14.2 Å². The van der Waals surface area contributed by atoms with Gasteiger partial charge in [-0.1, -0.05) is 13.8 Å². The van der Waals surface area contributed by atoms with Gasteiger partial charge in [-0.3, -0.25) is 0 Å². The van der Waals surface area contributed by atoms with E-state index in [1.165, 1.54) is 0 Å². The number of nitrogens with one attached hydrogen (secondary N) is 1. The molecule has 1 N–H and O–H groups in total. The van der Waals surface area contributed by atoms with Gasteiger partial charge in [0.05, 0.1) is 31.0 Å². The predicted octanol–water partition coefficient (Wildman–Crippen LogP) is 3.33. The van der Waals surface area contributed by atoms with Crippen LogP contribution in [0, 0.1) is 0 Å². The van der Waals surface area contributed by atoms with Crippen molar-refractivity contribution in [2.45, 2.75) is 26.2 Å². The fourth-order valence-corrected chi connectivity index (χ4v) is 4.06. The lowest BCUT2D eigenvalue weighted by Crippen LogP contribution is -2.42. The molecule has 0 spiro atoms. The van der Waals surface area contributed by atoms with E-state index in [0.29, 0.717) is 37.6 Å². The van der Waals surface area contributed by atoms with E-state index in [1.807, 2.05) is 18.3 Å². The van der Waals surface area contributed by atoms with Crippen LogP contribution in [-0.2, 0) is 14.9 Å². The van der Waals surface area contributed by atoms with E-state index in [1.54, 1.807) is 28.5 Å². The van der Waals surface area contributed by atoms with Gasteiger partial charge in [0, 0.05) is 36.5 Å². The third kappa shape index (κ3) is 3.63. The van der Waals surface area contributed by atoms with Crippen molar-refractivity contribution in [3.8, 4) is 5.75 Å². The van der Waals surface area contributed by atoms with E-state index in [0.717, 1.165) is 23.2 Å². The Hall–Kier alpha value is -3.00. The van der Waals surface area contributed by atoms with Gasteiger partial charge in [0.25, 0.3) is 0 Å². The Labute approximate surface area is 175 Å². The molecule has 0 aliphatic carbocycles. The van der Waals surface area contributed by atoms with Gasteiger partial charge in [-0.15, -0.1) is 0 Å². The standard InChI is InChI=1S/C22H27N3O5/c1-4-29-21(27)25-17-7-8-23-14-22(2,3)19(17)16-6-5-15(13-18(16)25)30-20(26)24-9-11-28-12-10-24/h5-8,13,23H,4,9-12,14H2,1-3H3. The summed E-state index contributed by atoms with van der Waals surface area (Å²) in [5.74, 6) is 0.386. The molecule has 30 heavy (non-hydrogen) atoms. The van der Waals surface area contributed by atoms with E-state index in [2.05, 4.69) is 19.2 Å². The monoisotopic (exact) mass is 413 g/mol. The first kappa shape index (κ1) is 20.3. The summed E-state index contributed by atoms with van der Waals surface area (Å²) in [6.45, 7) is 9.04. The van der Waals surface area contributed by atoms with Crippen LogP contribution in [0.5, 0.6) is 5.75 Å². The van der Waals surface area contributed by atoms with Crippen LogP contribution in [0.25, 0.3) is 17.0 Å². The molecule has 1 aromatic heterocycles. The topological polar surface area (TPSA) is 82.0 Å². The second-order valence-corrected chi connectivity index (χ2v) is 8.04. The number of nitrogens with zero attached hydrogens (tertiary/aromatic N) is 2. The van der Waals surface area contributed by atoms with Gasteiger partial charge in [-0.2, -0.15) is 0 Å². The molecule has 8 nitrogen and oxygen atoms in total. The average molecular weight is 413 g/mol. The van der Waals surface area contributed by atoms with Crippen molar-refractivity contribution in [3.05, 3.63) is 35.7 Å². The molecular formula is C22H27N3O5. The van der Waals surface area contributed by atoms with Gasteiger partial charge in [0.15, 0.2) is 0 Å². The molecule has 1 aromatic carbocycles. The number of rotatable bonds is 2. The van der Waals surface area contributed by atoms with E-state index < -0.39 is 12.2 Å². The van der Waals surface area contributed by atoms with Crippen molar-refractivity contribution >= 4 is 29.2 Å². The van der Waals surface area contributed by atoms with Crippen LogP contribution in [0.1, 0.15) is 32.0 Å². The lowest BCUT2D eigenvalue weighted by molar-refractivity contribution is 0.0416. The van der Waals surface area contributed by atoms with Gasteiger partial charge in [-0.05, 0) is 36.9 Å². The van der Waals surface area contributed by atoms with Crippen LogP contribution in [0.2, 0.25) is 0 Å². The Balaban J connectivity index is 1.79. The van der Waals surface area contributed by atoms with Crippen molar-refractivity contribution in [2.75, 3.05) is 39.5 Å². The zero-order valence-corrected chi connectivity index (χ0v) is 17.6. The maximum Gasteiger partial charge on any atom is 0.418 e. The first-order valence-electron chi connectivity index (χ1n) is 10.2. The lowest BCUT2D eigenvalue weighted by atomic mass is 9.83. The summed E-state index contributed by atoms with van der Waals surface area (Å²) in [6.07, 6.45) is 2.86. The Morgan fingerprint density at radius 3 is 2.70 bits per heavy atom. The molecular weight excluding hydrogens is 386 g/mol. The molecule has 1 fully saturated rings. The van der Waals surface area contributed by atoms with Crippen LogP contribution in [0.3, 0.4) is 0 Å². The second-order valence-electron chi connectivity index (χ2n) is 8.04. The molecule has 1 amide bonds. The molecule has 0 saturated carbocycles. The highest BCUT2D eigenvalue weighted by molar-refractivity contribution is 5.98. The number of hydrogen-bond donors (Lipinski definition) is 1. The van der Waals surface area contributed by atoms with Crippen LogP contribution in [-0.4, -0.2) is 61.1 Å². The maximum absolute atomic E-state index is 12.9. The fourth-order valence-electron chi connectivity index (χ4n) is 4.06. The summed E-state index contributed by atoms with van der Waals surface area (Å²) in [4.78, 5) is 27.0. The molecule has 0 bridgehead atoms. The minimum Gasteiger partial charge on any atom is -0.449 e. The summed E-state index contributed by atoms with van der Waals surface area (Å²) >= 11 is 0. The number of hydrogen-bond acceptors (Lipinski definition) is 6. The second kappa shape index (κ2) is 8.02. The molecule has 2 aliphatic rings. The summed E-state index contributed by atoms with van der Waals surface area (Å²) in [7, 11) is 0. The highest BCUT2D eigenvalue weighted by Gasteiger charge is 2.32. The van der Waals surface area contributed by atoms with Gasteiger partial charge >= 0.3 is 12.2 Å². The maximum atomic E-state index is 12.9. The molecule has 1 saturated heterocycles. The Bertz CT molecular complexity index is 1000. The average Bonchev–Trinajstić information content (AvgIpc) is 2.97. The van der Waals surface area contributed by atoms with Crippen molar-refractivity contribution in [2.24, 2.45) is 0 Å². The fraction of sp³-hybridized carbons (Fsp3) is 0.455. The highest BCUT2D eigenvalue weighted by Crippen LogP contribution is 2.39. The molecule has 3 heterocycles. The lowest BCUT2D eigenvalue weighted by Gasteiger charge is -2.26. The van der Waals surface area contributed by atoms with Gasteiger partial charge in [0.2, 0.25) is 0 Å². The summed E-state index contributed by atoms with van der Waals surface area (Å²) in [6, 6.07) is 5.41. The normalized spacial score (nSPS) is 17.8. The number of carbonyl (C=O) groups is 2. The Morgan fingerprint density at radius 1 is 1.20 bits per heavy atom. The number of morpholine rings is 1. The largest absolute Gasteiger partial charge is 0.449 e. The van der Waals surface area contributed by atoms with E-state index in [-0.39, 0.29) is 12.0 Å². The summed E-state index contributed by atoms with van der Waals surface area (Å²) in [5, 5.41) is 4.21. The number of fused-ring (bicyclic) bond motifs is 3. The molecule has 4 rings (SSSR count). The van der Waals surface area contributed by atoms with Crippen molar-refractivity contribution in [1.82, 2.24) is 14.8 Å². The van der Waals surface area contributed by atoms with Gasteiger partial charge < -0.3 is 24.4 Å². The predicted molar refractivity (Wildman–Crippen MR) is 113 cm³/mol. The molecule has 2 aromatic rings. The number of ether oxygens (including phenoxy) is 3. The first-order chi connectivity index (χ1) is 14.4. The highest BCUT2D eigenvalue weighted by atomic mass is 16.6. The smallest absolute Gasteiger partial charge is 0.418 e. The third-order valence-corrected chi connectivity index (χ3v) is 5.48. The quantitative estimate of drug-likeness (QED) is 0.813. The van der Waals surface area contributed by atoms with Gasteiger partial charge in [0.1, 0.15) is 5.75 Å². The minimum atomic E-state index is -0.456. The summed E-state index contributed by atoms with van der Waals surface area (Å²) < 4.78 is 17.8. The zero-order valence-electron chi connectivity index (χ0n) is 17.6. The molecule has 0 unspecified atom stereocenters. The van der Waals surface area contributed by atoms with Crippen molar-refractivity contribution < 1.29 is 23.8 Å². The number of amides is 1. The van der Waals surface area contributed by atoms with E-state index >= 15 is 0 Å². The number of carbonyl (C=O) groups excluding carboxylic acids is 2. The Morgan fingerprint density at radius 2 is 1.97 bits per heavy atom. The van der Waals surface area contributed by atoms with Crippen LogP contribution in [0.15, 0.2) is 24.4 Å². The molecule has 0 atom stereocenters. The van der Waals surface area contributed by atoms with Crippen LogP contribution < -0.4 is 10.1 Å². The first-order valence-corrected chi connectivity index (χ1v) is 10.2. The molecule has 2 aliphatic heterocycles. The molecule has 8 heteroatoms.